The molecule has 1 N–H and O–H groups in total. The van der Waals surface area contributed by atoms with Crippen LogP contribution >= 0.6 is 0 Å². The van der Waals surface area contributed by atoms with Crippen molar-refractivity contribution in [2.75, 3.05) is 6.61 Å². The van der Waals surface area contributed by atoms with Gasteiger partial charge in [-0.3, -0.25) is 0 Å². The van der Waals surface area contributed by atoms with Crippen LogP contribution in [0.5, 0.6) is 5.75 Å². The fourth-order valence-electron chi connectivity index (χ4n) is 5.46. The molecule has 0 saturated carbocycles. The molecule has 0 saturated heterocycles. The molecule has 1 atom stereocenters. The van der Waals surface area contributed by atoms with Crippen LogP contribution in [-0.4, -0.2) is 20.0 Å². The highest BCUT2D eigenvalue weighted by Gasteiger charge is 2.52. The molecule has 0 bridgehead atoms. The van der Waals surface area contributed by atoms with Gasteiger partial charge in [-0.25, -0.2) is 0 Å². The lowest BCUT2D eigenvalue weighted by atomic mass is 9.71. The van der Waals surface area contributed by atoms with E-state index >= 15 is 0 Å². The Kier molecular flexibility index (Phi) is 6.65. The number of fused-ring (bicyclic) bond motifs is 1. The molecule has 0 spiro atoms. The highest BCUT2D eigenvalue weighted by molar-refractivity contribution is 7.00. The van der Waals surface area contributed by atoms with E-state index in [0.29, 0.717) is 0 Å². The third-order valence-corrected chi connectivity index (χ3v) is 12.1. The van der Waals surface area contributed by atoms with Crippen molar-refractivity contribution in [3.05, 3.63) is 102 Å². The summed E-state index contributed by atoms with van der Waals surface area (Å²) in [5, 5.41) is 11.9. The Balaban J connectivity index is 1.88. The van der Waals surface area contributed by atoms with Crippen molar-refractivity contribution in [3.63, 3.8) is 0 Å². The van der Waals surface area contributed by atoms with Gasteiger partial charge in [0, 0.05) is 5.41 Å². The molecule has 0 heterocycles. The molecule has 0 aliphatic heterocycles. The van der Waals surface area contributed by atoms with Crippen LogP contribution in [0.2, 0.25) is 5.04 Å². The van der Waals surface area contributed by atoms with Gasteiger partial charge in [-0.1, -0.05) is 107 Å². The van der Waals surface area contributed by atoms with Crippen molar-refractivity contribution in [2.24, 2.45) is 0 Å². The number of hydrogen-bond acceptors (Lipinski definition) is 2. The Morgan fingerprint density at radius 1 is 0.939 bits per heavy atom. The highest BCUT2D eigenvalue weighted by atomic mass is 28.4. The first-order valence-electron chi connectivity index (χ1n) is 12.0. The van der Waals surface area contributed by atoms with Crippen molar-refractivity contribution in [1.29, 1.82) is 0 Å². The topological polar surface area (TPSA) is 29.5 Å². The molecule has 0 amide bonds. The van der Waals surface area contributed by atoms with E-state index in [4.69, 9.17) is 4.43 Å². The van der Waals surface area contributed by atoms with Gasteiger partial charge < -0.3 is 9.53 Å². The first kappa shape index (κ1) is 23.5. The van der Waals surface area contributed by atoms with E-state index in [1.54, 1.807) is 0 Å². The summed E-state index contributed by atoms with van der Waals surface area (Å²) in [6, 6.07) is 28.3. The Morgan fingerprint density at radius 2 is 1.55 bits per heavy atom. The summed E-state index contributed by atoms with van der Waals surface area (Å²) in [5.74, 6) is 0.938. The molecular formula is C30H36O2Si. The molecule has 1 aliphatic rings. The van der Waals surface area contributed by atoms with Gasteiger partial charge in [-0.2, -0.15) is 0 Å². The summed E-state index contributed by atoms with van der Waals surface area (Å²) in [4.78, 5) is 0. The zero-order valence-electron chi connectivity index (χ0n) is 20.3. The summed E-state index contributed by atoms with van der Waals surface area (Å²) in [5.41, 5.74) is 2.64. The van der Waals surface area contributed by atoms with Crippen molar-refractivity contribution >= 4 is 18.7 Å². The molecule has 0 fully saturated rings. The van der Waals surface area contributed by atoms with Gasteiger partial charge in [0.2, 0.25) is 0 Å². The van der Waals surface area contributed by atoms with Crippen LogP contribution in [0, 0.1) is 0 Å². The number of aliphatic hydroxyl groups excluding tert-OH is 1. The fourth-order valence-corrected chi connectivity index (χ4v) is 9.87. The van der Waals surface area contributed by atoms with Crippen molar-refractivity contribution < 1.29 is 9.53 Å². The summed E-state index contributed by atoms with van der Waals surface area (Å²) in [6.45, 7) is 9.29. The monoisotopic (exact) mass is 456 g/mol. The summed E-state index contributed by atoms with van der Waals surface area (Å²) >= 11 is 0. The van der Waals surface area contributed by atoms with Crippen LogP contribution < -0.4 is 14.8 Å². The fraction of sp³-hybridized carbons (Fsp3) is 0.333. The standard InChI is InChI=1S/C30H36O2Si/c1-29(2,3)33(26-14-7-5-8-15-26,27-16-9-6-10-17-27)32-25-19-18-24-13-11-20-30(4,21-12-22-31)28(24)23-25/h5-10,12,14-19,21,23,31H,11,13,20,22H2,1-4H3/b21-12+. The molecule has 3 aromatic carbocycles. The normalized spacial score (nSPS) is 18.8. The zero-order chi connectivity index (χ0) is 23.5. The molecule has 3 heteroatoms. The molecule has 4 rings (SSSR count). The minimum Gasteiger partial charge on any atom is -0.534 e. The Hall–Kier alpha value is -2.62. The molecule has 2 nitrogen and oxygen atoms in total. The van der Waals surface area contributed by atoms with Gasteiger partial charge in [0.1, 0.15) is 5.75 Å². The van der Waals surface area contributed by atoms with Gasteiger partial charge in [0.25, 0.3) is 0 Å². The van der Waals surface area contributed by atoms with Crippen molar-refractivity contribution in [3.8, 4) is 5.75 Å². The lowest BCUT2D eigenvalue weighted by Crippen LogP contribution is -2.68. The molecule has 172 valence electrons. The van der Waals surface area contributed by atoms with Crippen LogP contribution in [0.1, 0.15) is 51.7 Å². The summed E-state index contributed by atoms with van der Waals surface area (Å²) in [6.07, 6.45) is 7.40. The molecule has 1 aliphatic carbocycles. The van der Waals surface area contributed by atoms with E-state index in [1.807, 2.05) is 6.08 Å². The number of benzene rings is 3. The maximum Gasteiger partial charge on any atom is 0.319 e. The first-order chi connectivity index (χ1) is 15.8. The second-order valence-corrected chi connectivity index (χ2v) is 14.7. The van der Waals surface area contributed by atoms with Crippen molar-refractivity contribution in [2.45, 2.75) is 57.4 Å². The first-order valence-corrected chi connectivity index (χ1v) is 13.9. The molecule has 0 aromatic heterocycles. The minimum atomic E-state index is -2.67. The molecule has 33 heavy (non-hydrogen) atoms. The maximum atomic E-state index is 9.40. The number of hydrogen-bond donors (Lipinski definition) is 1. The van der Waals surface area contributed by atoms with Crippen LogP contribution in [0.15, 0.2) is 91.0 Å². The molecule has 0 radical (unpaired) electrons. The lowest BCUT2D eigenvalue weighted by Gasteiger charge is -2.43. The van der Waals surface area contributed by atoms with Crippen LogP contribution in [0.4, 0.5) is 0 Å². The van der Waals surface area contributed by atoms with Gasteiger partial charge in [0.05, 0.1) is 6.61 Å². The van der Waals surface area contributed by atoms with E-state index < -0.39 is 8.32 Å². The van der Waals surface area contributed by atoms with E-state index in [-0.39, 0.29) is 17.1 Å². The van der Waals surface area contributed by atoms with Crippen LogP contribution in [0.3, 0.4) is 0 Å². The third-order valence-electron chi connectivity index (χ3n) is 7.12. The lowest BCUT2D eigenvalue weighted by molar-refractivity contribution is 0.340. The largest absolute Gasteiger partial charge is 0.534 e. The number of allylic oxidation sites excluding steroid dienone is 1. The predicted octanol–water partition coefficient (Wildman–Crippen LogP) is 5.77. The Morgan fingerprint density at radius 3 is 2.09 bits per heavy atom. The zero-order valence-corrected chi connectivity index (χ0v) is 21.3. The molecule has 3 aromatic rings. The third kappa shape index (κ3) is 4.45. The smallest absolute Gasteiger partial charge is 0.319 e. The van der Waals surface area contributed by atoms with Gasteiger partial charge in [-0.05, 0) is 57.9 Å². The summed E-state index contributed by atoms with van der Waals surface area (Å²) in [7, 11) is -2.67. The molecule has 1 unspecified atom stereocenters. The second kappa shape index (κ2) is 9.32. The quantitative estimate of drug-likeness (QED) is 0.377. The highest BCUT2D eigenvalue weighted by Crippen LogP contribution is 2.42. The van der Waals surface area contributed by atoms with E-state index in [0.717, 1.165) is 25.0 Å². The van der Waals surface area contributed by atoms with E-state index in [9.17, 15) is 5.11 Å². The van der Waals surface area contributed by atoms with Gasteiger partial charge >= 0.3 is 8.32 Å². The van der Waals surface area contributed by atoms with Gasteiger partial charge in [0.15, 0.2) is 0 Å². The average Bonchev–Trinajstić information content (AvgIpc) is 2.82. The predicted molar refractivity (Wildman–Crippen MR) is 141 cm³/mol. The minimum absolute atomic E-state index is 0.0726. The Bertz CT molecular complexity index is 1060. The number of aliphatic hydroxyl groups is 1. The Labute approximate surface area is 200 Å². The summed E-state index contributed by atoms with van der Waals surface area (Å²) < 4.78 is 7.27. The number of rotatable bonds is 6. The SMILES string of the molecule is CC1(/C=C/CO)CCCc2ccc(O[Si](c3ccccc3)(c3ccccc3)C(C)(C)C)cc21. The van der Waals surface area contributed by atoms with Crippen LogP contribution in [0.25, 0.3) is 0 Å². The second-order valence-electron chi connectivity index (χ2n) is 10.4. The van der Waals surface area contributed by atoms with E-state index in [1.165, 1.54) is 21.5 Å². The average molecular weight is 457 g/mol. The van der Waals surface area contributed by atoms with Crippen molar-refractivity contribution in [1.82, 2.24) is 0 Å². The van der Waals surface area contributed by atoms with Crippen LogP contribution in [-0.2, 0) is 11.8 Å². The van der Waals surface area contributed by atoms with Gasteiger partial charge in [-0.15, -0.1) is 0 Å². The number of aryl methyl sites for hydroxylation is 1. The molecular weight excluding hydrogens is 420 g/mol. The maximum absolute atomic E-state index is 9.40. The van der Waals surface area contributed by atoms with E-state index in [2.05, 4.69) is 113 Å².